The van der Waals surface area contributed by atoms with Crippen molar-refractivity contribution in [2.24, 2.45) is 0 Å². The van der Waals surface area contributed by atoms with Crippen molar-refractivity contribution in [2.75, 3.05) is 32.8 Å². The first-order valence-corrected chi connectivity index (χ1v) is 11.1. The van der Waals surface area contributed by atoms with Gasteiger partial charge in [0, 0.05) is 30.0 Å². The van der Waals surface area contributed by atoms with Crippen LogP contribution in [-0.4, -0.2) is 42.9 Å². The Labute approximate surface area is 185 Å². The van der Waals surface area contributed by atoms with E-state index < -0.39 is 0 Å². The Balaban J connectivity index is 1.59. The highest BCUT2D eigenvalue weighted by Crippen LogP contribution is 2.47. The quantitative estimate of drug-likeness (QED) is 0.531. The molecule has 1 aliphatic heterocycles. The summed E-state index contributed by atoms with van der Waals surface area (Å²) in [6, 6.07) is 24.4. The highest BCUT2D eigenvalue weighted by molar-refractivity contribution is 5.50. The minimum atomic E-state index is 0.150. The molecule has 0 unspecified atom stereocenters. The fraction of sp³-hybridized carbons (Fsp3) is 0.333. The highest BCUT2D eigenvalue weighted by atomic mass is 16.5. The lowest BCUT2D eigenvalue weighted by atomic mass is 9.76. The molecule has 162 valence electrons. The molecule has 1 aliphatic rings. The van der Waals surface area contributed by atoms with Gasteiger partial charge in [-0.2, -0.15) is 0 Å². The van der Waals surface area contributed by atoms with Gasteiger partial charge in [-0.05, 0) is 42.4 Å². The second kappa shape index (κ2) is 9.88. The van der Waals surface area contributed by atoms with Crippen molar-refractivity contribution in [1.82, 2.24) is 4.90 Å². The number of rotatable bonds is 8. The van der Waals surface area contributed by atoms with Crippen molar-refractivity contribution >= 4 is 0 Å². The van der Waals surface area contributed by atoms with Gasteiger partial charge < -0.3 is 19.5 Å². The lowest BCUT2D eigenvalue weighted by molar-refractivity contribution is 0.222. The number of hydrogen-bond donors (Lipinski definition) is 1. The van der Waals surface area contributed by atoms with Crippen LogP contribution in [0, 0.1) is 0 Å². The smallest absolute Gasteiger partial charge is 0.126 e. The van der Waals surface area contributed by atoms with Crippen LogP contribution in [-0.2, 0) is 0 Å². The summed E-state index contributed by atoms with van der Waals surface area (Å²) in [6.07, 6.45) is 0. The summed E-state index contributed by atoms with van der Waals surface area (Å²) in [5, 5.41) is 9.92. The van der Waals surface area contributed by atoms with Crippen LogP contribution in [0.3, 0.4) is 0 Å². The molecule has 31 heavy (non-hydrogen) atoms. The predicted molar refractivity (Wildman–Crippen MR) is 124 cm³/mol. The molecule has 0 spiro atoms. The van der Waals surface area contributed by atoms with E-state index in [1.54, 1.807) is 12.1 Å². The van der Waals surface area contributed by atoms with Crippen molar-refractivity contribution in [3.63, 3.8) is 0 Å². The van der Waals surface area contributed by atoms with Crippen molar-refractivity contribution in [2.45, 2.75) is 25.7 Å². The summed E-state index contributed by atoms with van der Waals surface area (Å²) in [4.78, 5) is 2.35. The summed E-state index contributed by atoms with van der Waals surface area (Å²) in [7, 11) is 0. The van der Waals surface area contributed by atoms with E-state index in [9.17, 15) is 5.11 Å². The van der Waals surface area contributed by atoms with Gasteiger partial charge in [0.25, 0.3) is 0 Å². The van der Waals surface area contributed by atoms with Crippen molar-refractivity contribution in [1.29, 1.82) is 0 Å². The Bertz CT molecular complexity index is 968. The van der Waals surface area contributed by atoms with Crippen LogP contribution in [0.25, 0.3) is 0 Å². The van der Waals surface area contributed by atoms with Crippen molar-refractivity contribution < 1.29 is 14.6 Å². The topological polar surface area (TPSA) is 41.9 Å². The largest absolute Gasteiger partial charge is 0.508 e. The molecule has 0 saturated heterocycles. The van der Waals surface area contributed by atoms with E-state index >= 15 is 0 Å². The maximum absolute atomic E-state index is 9.92. The molecule has 1 N–H and O–H groups in total. The first kappa shape index (κ1) is 21.3. The lowest BCUT2D eigenvalue weighted by Gasteiger charge is -2.34. The summed E-state index contributed by atoms with van der Waals surface area (Å²) < 4.78 is 12.0. The number of hydrogen-bond acceptors (Lipinski definition) is 4. The van der Waals surface area contributed by atoms with E-state index in [4.69, 9.17) is 9.47 Å². The van der Waals surface area contributed by atoms with Gasteiger partial charge in [-0.15, -0.1) is 0 Å². The van der Waals surface area contributed by atoms with Gasteiger partial charge in [0.05, 0.1) is 6.61 Å². The predicted octanol–water partition coefficient (Wildman–Crippen LogP) is 5.42. The first-order chi connectivity index (χ1) is 15.2. The van der Waals surface area contributed by atoms with E-state index in [1.807, 2.05) is 12.1 Å². The van der Waals surface area contributed by atoms with Gasteiger partial charge >= 0.3 is 0 Å². The minimum absolute atomic E-state index is 0.150. The average molecular weight is 418 g/mol. The van der Waals surface area contributed by atoms with Crippen LogP contribution < -0.4 is 9.47 Å². The molecule has 4 heteroatoms. The zero-order valence-corrected chi connectivity index (χ0v) is 18.3. The van der Waals surface area contributed by atoms with E-state index in [1.165, 1.54) is 11.1 Å². The second-order valence-corrected chi connectivity index (χ2v) is 7.97. The number of phenolic OH excluding ortho intramolecular Hbond substituents is 1. The zero-order chi connectivity index (χ0) is 21.6. The van der Waals surface area contributed by atoms with Gasteiger partial charge in [-0.3, -0.25) is 0 Å². The second-order valence-electron chi connectivity index (χ2n) is 7.97. The van der Waals surface area contributed by atoms with Gasteiger partial charge in [-0.25, -0.2) is 0 Å². The molecule has 0 amide bonds. The molecule has 0 aliphatic carbocycles. The molecule has 0 bridgehead atoms. The first-order valence-electron chi connectivity index (χ1n) is 11.1. The zero-order valence-electron chi connectivity index (χ0n) is 18.3. The highest BCUT2D eigenvalue weighted by Gasteiger charge is 2.33. The van der Waals surface area contributed by atoms with E-state index in [0.717, 1.165) is 36.7 Å². The minimum Gasteiger partial charge on any atom is -0.508 e. The monoisotopic (exact) mass is 417 g/mol. The Morgan fingerprint density at radius 1 is 0.935 bits per heavy atom. The molecule has 0 radical (unpaired) electrons. The maximum Gasteiger partial charge on any atom is 0.126 e. The normalized spacial score (nSPS) is 17.8. The maximum atomic E-state index is 9.92. The molecule has 4 nitrogen and oxygen atoms in total. The Kier molecular flexibility index (Phi) is 6.78. The Hall–Kier alpha value is -2.98. The number of aromatic hydroxyl groups is 1. The van der Waals surface area contributed by atoms with E-state index in [0.29, 0.717) is 13.2 Å². The van der Waals surface area contributed by atoms with E-state index in [2.05, 4.69) is 67.3 Å². The molecule has 0 aromatic heterocycles. The van der Waals surface area contributed by atoms with Gasteiger partial charge in [0.1, 0.15) is 23.9 Å². The fourth-order valence-electron chi connectivity index (χ4n) is 4.40. The third-order valence-corrected chi connectivity index (χ3v) is 6.19. The summed E-state index contributed by atoms with van der Waals surface area (Å²) >= 11 is 0. The molecule has 3 aromatic rings. The van der Waals surface area contributed by atoms with E-state index in [-0.39, 0.29) is 17.6 Å². The molecule has 4 rings (SSSR count). The summed E-state index contributed by atoms with van der Waals surface area (Å²) in [5.74, 6) is 2.23. The number of nitrogens with zero attached hydrogens (tertiary/aromatic N) is 1. The van der Waals surface area contributed by atoms with Crippen LogP contribution >= 0.6 is 0 Å². The Morgan fingerprint density at radius 2 is 1.68 bits per heavy atom. The lowest BCUT2D eigenvalue weighted by Crippen LogP contribution is -2.27. The molecule has 0 fully saturated rings. The van der Waals surface area contributed by atoms with Crippen LogP contribution in [0.15, 0.2) is 72.8 Å². The third kappa shape index (κ3) is 4.86. The van der Waals surface area contributed by atoms with Gasteiger partial charge in [0.15, 0.2) is 0 Å². The van der Waals surface area contributed by atoms with Crippen LogP contribution in [0.4, 0.5) is 0 Å². The van der Waals surface area contributed by atoms with Gasteiger partial charge in [0.2, 0.25) is 0 Å². The van der Waals surface area contributed by atoms with Crippen molar-refractivity contribution in [3.05, 3.63) is 89.5 Å². The number of benzene rings is 3. The van der Waals surface area contributed by atoms with Crippen LogP contribution in [0.5, 0.6) is 17.2 Å². The van der Waals surface area contributed by atoms with Gasteiger partial charge in [-0.1, -0.05) is 62.4 Å². The Morgan fingerprint density at radius 3 is 2.39 bits per heavy atom. The molecule has 2 atom stereocenters. The number of phenols is 1. The number of fused-ring (bicyclic) bond motifs is 1. The molecular formula is C27H31NO3. The number of likely N-dealkylation sites (N-methyl/N-ethyl adjacent to an activating group) is 1. The summed E-state index contributed by atoms with van der Waals surface area (Å²) in [6.45, 7) is 8.62. The molecular weight excluding hydrogens is 386 g/mol. The molecule has 1 heterocycles. The average Bonchev–Trinajstić information content (AvgIpc) is 2.82. The number of ether oxygens (including phenoxy) is 2. The van der Waals surface area contributed by atoms with Crippen LogP contribution in [0.1, 0.15) is 42.4 Å². The van der Waals surface area contributed by atoms with Crippen molar-refractivity contribution in [3.8, 4) is 17.2 Å². The molecule has 0 saturated carbocycles. The summed E-state index contributed by atoms with van der Waals surface area (Å²) in [5.41, 5.74) is 3.58. The van der Waals surface area contributed by atoms with Crippen LogP contribution in [0.2, 0.25) is 0 Å². The fourth-order valence-corrected chi connectivity index (χ4v) is 4.40. The SMILES string of the molecule is CCN(CC)CCOc1ccc([C@H]2c3ccc(O)cc3OC[C@@H]2c2ccccc2)cc1. The third-order valence-electron chi connectivity index (χ3n) is 6.19. The molecule has 3 aromatic carbocycles. The standard InChI is InChI=1S/C27H31NO3/c1-3-28(4-2)16-17-30-23-13-10-21(11-14-23)27-24-15-12-22(29)18-26(24)31-19-25(27)20-8-6-5-7-9-20/h5-15,18,25,27,29H,3-4,16-17,19H2,1-2H3/t25-,27+/m1/s1.